The number of Topliss-reactive ketones (excluding diaryl/α,β-unsaturated/α-hetero) is 1. The molecule has 0 fully saturated rings. The summed E-state index contributed by atoms with van der Waals surface area (Å²) in [5, 5.41) is 2.36. The fourth-order valence-electron chi connectivity index (χ4n) is 2.00. The first-order valence-corrected chi connectivity index (χ1v) is 7.45. The Balaban J connectivity index is 1.74. The fraction of sp³-hybridized carbons (Fsp3) is 0.222. The molecular weight excluding hydrogens is 335 g/mol. The van der Waals surface area contributed by atoms with Gasteiger partial charge in [-0.05, 0) is 29.8 Å². The molecule has 0 aliphatic heterocycles. The van der Waals surface area contributed by atoms with E-state index < -0.39 is 17.6 Å². The summed E-state index contributed by atoms with van der Waals surface area (Å²) in [5.41, 5.74) is 0.129. The van der Waals surface area contributed by atoms with Gasteiger partial charge in [0.05, 0.1) is 18.7 Å². The molecule has 1 N–H and O–H groups in total. The Morgan fingerprint density at radius 2 is 1.60 bits per heavy atom. The summed E-state index contributed by atoms with van der Waals surface area (Å²) in [5.74, 6) is -0.957. The molecule has 0 aliphatic rings. The molecule has 1 amide bonds. The van der Waals surface area contributed by atoms with E-state index in [2.05, 4.69) is 5.32 Å². The second-order valence-corrected chi connectivity index (χ2v) is 5.27. The second-order valence-electron chi connectivity index (χ2n) is 5.27. The summed E-state index contributed by atoms with van der Waals surface area (Å²) in [6, 6.07) is 13.1. The van der Waals surface area contributed by atoms with E-state index in [0.717, 1.165) is 29.8 Å². The number of halogens is 3. The smallest absolute Gasteiger partial charge is 0.369 e. The Morgan fingerprint density at radius 3 is 2.20 bits per heavy atom. The summed E-state index contributed by atoms with van der Waals surface area (Å²) < 4.78 is 42.6. The lowest BCUT2D eigenvalue weighted by Crippen LogP contribution is -2.31. The average Bonchev–Trinajstić information content (AvgIpc) is 2.60. The van der Waals surface area contributed by atoms with Gasteiger partial charge in [-0.25, -0.2) is 0 Å². The Labute approximate surface area is 142 Å². The van der Waals surface area contributed by atoms with Crippen LogP contribution in [0.15, 0.2) is 54.6 Å². The van der Waals surface area contributed by atoms with Crippen molar-refractivity contribution in [1.29, 1.82) is 0 Å². The van der Waals surface area contributed by atoms with Gasteiger partial charge < -0.3 is 10.1 Å². The Kier molecular flexibility index (Phi) is 6.30. The first-order chi connectivity index (χ1) is 11.9. The minimum atomic E-state index is -4.46. The van der Waals surface area contributed by atoms with Crippen LogP contribution < -0.4 is 5.32 Å². The SMILES string of the molecule is O=C(CNC(=O)c1ccc(C(F)(F)F)cc1)COCc1ccccc1. The van der Waals surface area contributed by atoms with Gasteiger partial charge in [-0.3, -0.25) is 9.59 Å². The molecule has 132 valence electrons. The molecule has 0 radical (unpaired) electrons. The van der Waals surface area contributed by atoms with Gasteiger partial charge in [-0.1, -0.05) is 30.3 Å². The summed E-state index contributed by atoms with van der Waals surface area (Å²) in [7, 11) is 0. The van der Waals surface area contributed by atoms with Crippen molar-refractivity contribution in [2.75, 3.05) is 13.2 Å². The summed E-state index contributed by atoms with van der Waals surface area (Å²) >= 11 is 0. The quantitative estimate of drug-likeness (QED) is 0.833. The monoisotopic (exact) mass is 351 g/mol. The predicted molar refractivity (Wildman–Crippen MR) is 84.9 cm³/mol. The van der Waals surface area contributed by atoms with Crippen LogP contribution in [0, 0.1) is 0 Å². The number of ketones is 1. The van der Waals surface area contributed by atoms with Crippen LogP contribution >= 0.6 is 0 Å². The maximum absolute atomic E-state index is 12.5. The van der Waals surface area contributed by atoms with Gasteiger partial charge >= 0.3 is 6.18 Å². The van der Waals surface area contributed by atoms with Crippen LogP contribution in [0.2, 0.25) is 0 Å². The van der Waals surface area contributed by atoms with E-state index in [1.165, 1.54) is 0 Å². The molecule has 25 heavy (non-hydrogen) atoms. The zero-order chi connectivity index (χ0) is 18.3. The molecule has 0 heterocycles. The molecule has 0 saturated heterocycles. The van der Waals surface area contributed by atoms with Crippen LogP contribution in [-0.4, -0.2) is 24.8 Å². The standard InChI is InChI=1S/C18H16F3NO3/c19-18(20,21)15-8-6-14(7-9-15)17(24)22-10-16(23)12-25-11-13-4-2-1-3-5-13/h1-9H,10-12H2,(H,22,24). The molecule has 0 bridgehead atoms. The predicted octanol–water partition coefficient (Wildman–Crippen LogP) is 3.22. The highest BCUT2D eigenvalue weighted by atomic mass is 19.4. The van der Waals surface area contributed by atoms with E-state index in [4.69, 9.17) is 4.74 Å². The van der Waals surface area contributed by atoms with E-state index in [0.29, 0.717) is 0 Å². The summed E-state index contributed by atoms with van der Waals surface area (Å²) in [6.45, 7) is -0.143. The third-order valence-electron chi connectivity index (χ3n) is 3.30. The van der Waals surface area contributed by atoms with Crippen LogP contribution in [0.5, 0.6) is 0 Å². The third-order valence-corrected chi connectivity index (χ3v) is 3.30. The van der Waals surface area contributed by atoms with Crippen LogP contribution in [0.25, 0.3) is 0 Å². The summed E-state index contributed by atoms with van der Waals surface area (Å²) in [6.07, 6.45) is -4.46. The highest BCUT2D eigenvalue weighted by molar-refractivity contribution is 5.96. The average molecular weight is 351 g/mol. The number of rotatable bonds is 7. The number of hydrogen-bond donors (Lipinski definition) is 1. The normalized spacial score (nSPS) is 11.2. The van der Waals surface area contributed by atoms with Crippen molar-refractivity contribution in [1.82, 2.24) is 5.32 Å². The Hall–Kier alpha value is -2.67. The Bertz CT molecular complexity index is 713. The topological polar surface area (TPSA) is 55.4 Å². The van der Waals surface area contributed by atoms with Gasteiger partial charge in [0, 0.05) is 5.56 Å². The van der Waals surface area contributed by atoms with E-state index >= 15 is 0 Å². The highest BCUT2D eigenvalue weighted by Gasteiger charge is 2.30. The van der Waals surface area contributed by atoms with Gasteiger partial charge in [-0.2, -0.15) is 13.2 Å². The largest absolute Gasteiger partial charge is 0.416 e. The van der Waals surface area contributed by atoms with Gasteiger partial charge in [0.2, 0.25) is 0 Å². The van der Waals surface area contributed by atoms with Crippen molar-refractivity contribution in [3.63, 3.8) is 0 Å². The molecule has 2 aromatic rings. The lowest BCUT2D eigenvalue weighted by molar-refractivity contribution is -0.137. The second kappa shape index (κ2) is 8.43. The van der Waals surface area contributed by atoms with E-state index in [9.17, 15) is 22.8 Å². The zero-order valence-electron chi connectivity index (χ0n) is 13.2. The maximum Gasteiger partial charge on any atom is 0.416 e. The van der Waals surface area contributed by atoms with Crippen molar-refractivity contribution in [3.05, 3.63) is 71.3 Å². The first kappa shape index (κ1) is 18.7. The number of benzene rings is 2. The molecule has 0 saturated carbocycles. The molecule has 0 unspecified atom stereocenters. The maximum atomic E-state index is 12.5. The number of nitrogens with one attached hydrogen (secondary N) is 1. The van der Waals surface area contributed by atoms with Crippen LogP contribution in [0.1, 0.15) is 21.5 Å². The van der Waals surface area contributed by atoms with Gasteiger partial charge in [-0.15, -0.1) is 0 Å². The van der Waals surface area contributed by atoms with Crippen molar-refractivity contribution < 1.29 is 27.5 Å². The number of carbonyl (C=O) groups is 2. The zero-order valence-corrected chi connectivity index (χ0v) is 13.2. The van der Waals surface area contributed by atoms with Crippen molar-refractivity contribution in [3.8, 4) is 0 Å². The molecule has 2 aromatic carbocycles. The lowest BCUT2D eigenvalue weighted by atomic mass is 10.1. The number of carbonyl (C=O) groups excluding carboxylic acids is 2. The van der Waals surface area contributed by atoms with Gasteiger partial charge in [0.15, 0.2) is 5.78 Å². The van der Waals surface area contributed by atoms with Gasteiger partial charge in [0.25, 0.3) is 5.91 Å². The number of amides is 1. The first-order valence-electron chi connectivity index (χ1n) is 7.45. The minimum Gasteiger partial charge on any atom is -0.369 e. The van der Waals surface area contributed by atoms with Crippen molar-refractivity contribution in [2.45, 2.75) is 12.8 Å². The van der Waals surface area contributed by atoms with Crippen molar-refractivity contribution in [2.24, 2.45) is 0 Å². The van der Waals surface area contributed by atoms with Crippen molar-refractivity contribution >= 4 is 11.7 Å². The number of alkyl halides is 3. The van der Waals surface area contributed by atoms with Crippen LogP contribution in [0.3, 0.4) is 0 Å². The highest BCUT2D eigenvalue weighted by Crippen LogP contribution is 2.29. The minimum absolute atomic E-state index is 0.0472. The van der Waals surface area contributed by atoms with Crippen LogP contribution in [-0.2, 0) is 22.3 Å². The summed E-state index contributed by atoms with van der Waals surface area (Å²) in [4.78, 5) is 23.5. The molecule has 0 spiro atoms. The fourth-order valence-corrected chi connectivity index (χ4v) is 2.00. The third kappa shape index (κ3) is 6.04. The van der Waals surface area contributed by atoms with E-state index in [-0.39, 0.29) is 31.1 Å². The number of ether oxygens (including phenoxy) is 1. The molecule has 2 rings (SSSR count). The molecular formula is C18H16F3NO3. The van der Waals surface area contributed by atoms with E-state index in [1.807, 2.05) is 30.3 Å². The molecule has 4 nitrogen and oxygen atoms in total. The molecule has 0 aromatic heterocycles. The van der Waals surface area contributed by atoms with Gasteiger partial charge in [0.1, 0.15) is 6.61 Å². The lowest BCUT2D eigenvalue weighted by Gasteiger charge is -2.08. The molecule has 0 aliphatic carbocycles. The van der Waals surface area contributed by atoms with E-state index in [1.54, 1.807) is 0 Å². The molecule has 7 heteroatoms. The Morgan fingerprint density at radius 1 is 0.960 bits per heavy atom. The number of hydrogen-bond acceptors (Lipinski definition) is 3. The van der Waals surface area contributed by atoms with Crippen LogP contribution in [0.4, 0.5) is 13.2 Å². The molecule has 0 atom stereocenters.